The molecule has 0 aromatic heterocycles. The molecule has 0 aliphatic rings. The van der Waals surface area contributed by atoms with Gasteiger partial charge in [-0.15, -0.1) is 0 Å². The second-order valence-electron chi connectivity index (χ2n) is 2.99. The first-order valence-corrected chi connectivity index (χ1v) is 5.32. The number of hydrogen-bond acceptors (Lipinski definition) is 2. The van der Waals surface area contributed by atoms with Gasteiger partial charge in [-0.25, -0.2) is 0 Å². The average Bonchev–Trinajstić information content (AvgIpc) is 2.06. The van der Waals surface area contributed by atoms with Crippen molar-refractivity contribution in [2.45, 2.75) is 59.8 Å². The van der Waals surface area contributed by atoms with E-state index in [4.69, 9.17) is 0 Å². The molecule has 0 saturated heterocycles. The van der Waals surface area contributed by atoms with Gasteiger partial charge in [-0.2, -0.15) is 0 Å². The molecule has 0 saturated carbocycles. The maximum Gasteiger partial charge on any atom is 0.302 e. The Hall–Kier alpha value is -0.530. The van der Waals surface area contributed by atoms with Crippen LogP contribution < -0.4 is 0 Å². The maximum atomic E-state index is 9.82. The van der Waals surface area contributed by atoms with Crippen LogP contribution in [0.1, 0.15) is 59.8 Å². The van der Waals surface area contributed by atoms with Crippen LogP contribution in [0.5, 0.6) is 0 Å². The van der Waals surface area contributed by atoms with Crippen molar-refractivity contribution in [2.75, 3.05) is 6.61 Å². The molecule has 0 aromatic carbocycles. The number of carbonyl (C=O) groups is 1. The summed E-state index contributed by atoms with van der Waals surface area (Å²) in [6.45, 7) is 8.14. The van der Waals surface area contributed by atoms with Gasteiger partial charge in [-0.3, -0.25) is 4.79 Å². The van der Waals surface area contributed by atoms with E-state index in [9.17, 15) is 4.79 Å². The number of carbonyl (C=O) groups excluding carboxylic acids is 1. The van der Waals surface area contributed by atoms with Crippen molar-refractivity contribution >= 4 is 5.97 Å². The van der Waals surface area contributed by atoms with Gasteiger partial charge in [-0.05, 0) is 6.92 Å². The van der Waals surface area contributed by atoms with Crippen molar-refractivity contribution in [3.8, 4) is 0 Å². The van der Waals surface area contributed by atoms with E-state index in [-0.39, 0.29) is 5.97 Å². The third-order valence-electron chi connectivity index (χ3n) is 1.55. The van der Waals surface area contributed by atoms with Crippen molar-refractivity contribution in [2.24, 2.45) is 0 Å². The zero-order chi connectivity index (χ0) is 10.5. The Bertz CT molecular complexity index is 96.3. The Kier molecular flexibility index (Phi) is 16.1. The lowest BCUT2D eigenvalue weighted by Gasteiger charge is -1.90. The number of hydrogen-bond donors (Lipinski definition) is 0. The molecule has 0 unspecified atom stereocenters. The van der Waals surface area contributed by atoms with Crippen molar-refractivity contribution in [1.82, 2.24) is 0 Å². The fourth-order valence-corrected chi connectivity index (χ4v) is 0.880. The Morgan fingerprint density at radius 2 is 1.46 bits per heavy atom. The highest BCUT2D eigenvalue weighted by Crippen LogP contribution is 2.00. The van der Waals surface area contributed by atoms with Gasteiger partial charge in [0.05, 0.1) is 6.61 Å². The molecule has 2 nitrogen and oxygen atoms in total. The lowest BCUT2D eigenvalue weighted by Crippen LogP contribution is -1.95. The third-order valence-corrected chi connectivity index (χ3v) is 1.55. The van der Waals surface area contributed by atoms with Gasteiger partial charge in [0, 0.05) is 6.92 Å². The normalized spacial score (nSPS) is 8.62. The molecule has 0 bridgehead atoms. The quantitative estimate of drug-likeness (QED) is 0.487. The fourth-order valence-electron chi connectivity index (χ4n) is 0.880. The molecule has 0 spiro atoms. The Balaban J connectivity index is 0. The molecular weight excluding hydrogens is 164 g/mol. The highest BCUT2D eigenvalue weighted by molar-refractivity contribution is 5.65. The van der Waals surface area contributed by atoms with Gasteiger partial charge in [-0.1, -0.05) is 46.0 Å². The minimum Gasteiger partial charge on any atom is -0.466 e. The van der Waals surface area contributed by atoms with E-state index >= 15 is 0 Å². The van der Waals surface area contributed by atoms with E-state index in [1.54, 1.807) is 6.92 Å². The van der Waals surface area contributed by atoms with E-state index in [1.807, 2.05) is 0 Å². The Labute approximate surface area is 82.7 Å². The van der Waals surface area contributed by atoms with Crippen molar-refractivity contribution in [1.29, 1.82) is 0 Å². The summed E-state index contributed by atoms with van der Waals surface area (Å²) in [7, 11) is 0. The molecule has 0 aliphatic carbocycles. The van der Waals surface area contributed by atoms with Crippen molar-refractivity contribution in [3.05, 3.63) is 0 Å². The fraction of sp³-hybridized carbons (Fsp3) is 0.909. The van der Waals surface area contributed by atoms with Gasteiger partial charge < -0.3 is 4.74 Å². The summed E-state index contributed by atoms with van der Waals surface area (Å²) in [5, 5.41) is 0. The summed E-state index contributed by atoms with van der Waals surface area (Å²) in [4.78, 5) is 9.82. The Morgan fingerprint density at radius 3 is 1.62 bits per heavy atom. The smallest absolute Gasteiger partial charge is 0.302 e. The first-order chi connectivity index (χ1) is 6.18. The minimum atomic E-state index is -0.211. The second kappa shape index (κ2) is 14.0. The first-order valence-electron chi connectivity index (χ1n) is 5.32. The van der Waals surface area contributed by atoms with Crippen molar-refractivity contribution in [3.63, 3.8) is 0 Å². The summed E-state index contributed by atoms with van der Waals surface area (Å²) in [5.41, 5.74) is 0. The number of rotatable bonds is 5. The molecule has 0 fully saturated rings. The number of ether oxygens (including phenoxy) is 1. The van der Waals surface area contributed by atoms with Crippen LogP contribution in [0.4, 0.5) is 0 Å². The minimum absolute atomic E-state index is 0.211. The molecule has 0 heterocycles. The van der Waals surface area contributed by atoms with Crippen LogP contribution in [-0.4, -0.2) is 12.6 Å². The van der Waals surface area contributed by atoms with Crippen LogP contribution in [0.15, 0.2) is 0 Å². The molecule has 0 radical (unpaired) electrons. The number of unbranched alkanes of at least 4 members (excludes halogenated alkanes) is 4. The predicted molar refractivity (Wildman–Crippen MR) is 56.7 cm³/mol. The highest BCUT2D eigenvalue weighted by Gasteiger charge is 1.81. The zero-order valence-electron chi connectivity index (χ0n) is 9.56. The largest absolute Gasteiger partial charge is 0.466 e. The zero-order valence-corrected chi connectivity index (χ0v) is 9.56. The van der Waals surface area contributed by atoms with Crippen LogP contribution >= 0.6 is 0 Å². The van der Waals surface area contributed by atoms with Crippen LogP contribution in [-0.2, 0) is 9.53 Å². The SMILES string of the molecule is CCCCCCC.CCOC(C)=O. The van der Waals surface area contributed by atoms with Crippen LogP contribution in [0, 0.1) is 0 Å². The topological polar surface area (TPSA) is 26.3 Å². The molecule has 0 atom stereocenters. The molecule has 0 aliphatic heterocycles. The monoisotopic (exact) mass is 188 g/mol. The molecule has 0 N–H and O–H groups in total. The summed E-state index contributed by atoms with van der Waals surface area (Å²) >= 11 is 0. The third kappa shape index (κ3) is 24.6. The molecule has 13 heavy (non-hydrogen) atoms. The van der Waals surface area contributed by atoms with E-state index in [0.29, 0.717) is 6.61 Å². The Morgan fingerprint density at radius 1 is 1.00 bits per heavy atom. The van der Waals surface area contributed by atoms with Crippen LogP contribution in [0.3, 0.4) is 0 Å². The van der Waals surface area contributed by atoms with E-state index in [2.05, 4.69) is 18.6 Å². The maximum absolute atomic E-state index is 9.82. The highest BCUT2D eigenvalue weighted by atomic mass is 16.5. The van der Waals surface area contributed by atoms with Gasteiger partial charge in [0.25, 0.3) is 0 Å². The van der Waals surface area contributed by atoms with Gasteiger partial charge in [0.2, 0.25) is 0 Å². The van der Waals surface area contributed by atoms with Crippen molar-refractivity contribution < 1.29 is 9.53 Å². The standard InChI is InChI=1S/C7H16.C4H8O2/c1-3-5-7-6-4-2;1-3-6-4(2)5/h3-7H2,1-2H3;3H2,1-2H3. The second-order valence-corrected chi connectivity index (χ2v) is 2.99. The van der Waals surface area contributed by atoms with E-state index in [1.165, 1.54) is 39.0 Å². The summed E-state index contributed by atoms with van der Waals surface area (Å²) in [6, 6.07) is 0. The molecule has 0 amide bonds. The summed E-state index contributed by atoms with van der Waals surface area (Å²) < 4.78 is 4.40. The van der Waals surface area contributed by atoms with Crippen LogP contribution in [0.2, 0.25) is 0 Å². The first kappa shape index (κ1) is 15.0. The number of esters is 1. The molecule has 2 heteroatoms. The van der Waals surface area contributed by atoms with Gasteiger partial charge >= 0.3 is 5.97 Å². The molecular formula is C11H24O2. The average molecular weight is 188 g/mol. The summed E-state index contributed by atoms with van der Waals surface area (Å²) in [5.74, 6) is -0.211. The van der Waals surface area contributed by atoms with E-state index < -0.39 is 0 Å². The van der Waals surface area contributed by atoms with E-state index in [0.717, 1.165) is 0 Å². The summed E-state index contributed by atoms with van der Waals surface area (Å²) in [6.07, 6.45) is 7.01. The predicted octanol–water partition coefficient (Wildman–Crippen LogP) is 3.55. The van der Waals surface area contributed by atoms with Gasteiger partial charge in [0.1, 0.15) is 0 Å². The lowest BCUT2D eigenvalue weighted by molar-refractivity contribution is -0.140. The molecule has 0 aromatic rings. The van der Waals surface area contributed by atoms with Gasteiger partial charge in [0.15, 0.2) is 0 Å². The molecule has 80 valence electrons. The lowest BCUT2D eigenvalue weighted by atomic mass is 10.2. The van der Waals surface area contributed by atoms with Crippen LogP contribution in [0.25, 0.3) is 0 Å². The molecule has 0 rings (SSSR count).